The zero-order chi connectivity index (χ0) is 20.9. The number of benzene rings is 2. The molecule has 8 heteroatoms. The summed E-state index contributed by atoms with van der Waals surface area (Å²) in [4.78, 5) is 36.2. The maximum atomic E-state index is 12.2. The first kappa shape index (κ1) is 19.6. The van der Waals surface area contributed by atoms with Crippen molar-refractivity contribution in [2.24, 2.45) is 0 Å². The molecule has 8 nitrogen and oxygen atoms in total. The van der Waals surface area contributed by atoms with Crippen LogP contribution in [0.1, 0.15) is 30.0 Å². The molecule has 1 aliphatic carbocycles. The lowest BCUT2D eigenvalue weighted by molar-refractivity contribution is -0.149. The summed E-state index contributed by atoms with van der Waals surface area (Å²) >= 11 is 0. The average molecular weight is 407 g/mol. The van der Waals surface area contributed by atoms with Gasteiger partial charge in [-0.2, -0.15) is 4.68 Å². The fraction of sp³-hybridized carbons (Fsp3) is 0.273. The third-order valence-corrected chi connectivity index (χ3v) is 4.97. The zero-order valence-electron chi connectivity index (χ0n) is 16.2. The molecule has 1 aliphatic rings. The summed E-state index contributed by atoms with van der Waals surface area (Å²) < 4.78 is 11.0. The Labute approximate surface area is 172 Å². The van der Waals surface area contributed by atoms with E-state index in [0.29, 0.717) is 5.56 Å². The van der Waals surface area contributed by atoms with Gasteiger partial charge in [0.25, 0.3) is 5.91 Å². The Hall–Kier alpha value is -3.68. The Morgan fingerprint density at radius 1 is 1.13 bits per heavy atom. The predicted octanol–water partition coefficient (Wildman–Crippen LogP) is 2.24. The number of amides is 1. The van der Waals surface area contributed by atoms with E-state index < -0.39 is 24.9 Å². The first-order chi connectivity index (χ1) is 14.6. The van der Waals surface area contributed by atoms with Crippen LogP contribution in [-0.2, 0) is 27.3 Å². The van der Waals surface area contributed by atoms with Crippen molar-refractivity contribution in [3.05, 3.63) is 76.3 Å². The number of aryl methyl sites for hydroxylation is 1. The Bertz CT molecular complexity index is 1100. The zero-order valence-corrected chi connectivity index (χ0v) is 16.2. The summed E-state index contributed by atoms with van der Waals surface area (Å²) in [6, 6.07) is 16.8. The van der Waals surface area contributed by atoms with Crippen LogP contribution in [-0.4, -0.2) is 28.3 Å². The van der Waals surface area contributed by atoms with Gasteiger partial charge in [0.15, 0.2) is 6.61 Å². The number of nitrogens with one attached hydrogen (secondary N) is 1. The minimum Gasteiger partial charge on any atom is -0.454 e. The number of fused-ring (bicyclic) bond motifs is 1. The van der Waals surface area contributed by atoms with Crippen LogP contribution in [0.4, 0.5) is 0 Å². The van der Waals surface area contributed by atoms with Crippen LogP contribution in [0.2, 0.25) is 0 Å². The molecule has 0 radical (unpaired) electrons. The molecule has 0 saturated carbocycles. The van der Waals surface area contributed by atoms with Crippen molar-refractivity contribution >= 4 is 11.9 Å². The highest BCUT2D eigenvalue weighted by molar-refractivity contribution is 5.80. The van der Waals surface area contributed by atoms with E-state index in [-0.39, 0.29) is 17.8 Å². The van der Waals surface area contributed by atoms with Gasteiger partial charge in [0, 0.05) is 5.56 Å². The highest BCUT2D eigenvalue weighted by Gasteiger charge is 2.22. The Morgan fingerprint density at radius 2 is 1.90 bits per heavy atom. The SMILES string of the molecule is O=C(COC(=O)Cn1nc(-c2ccccc2)oc1=O)N[C@@H]1CCCc2ccccc21. The second-order valence-electron chi connectivity index (χ2n) is 7.07. The monoisotopic (exact) mass is 407 g/mol. The molecule has 2 aromatic carbocycles. The van der Waals surface area contributed by atoms with Gasteiger partial charge in [0.05, 0.1) is 6.04 Å². The number of carbonyl (C=O) groups excluding carboxylic acids is 2. The average Bonchev–Trinajstić information content (AvgIpc) is 3.13. The molecule has 3 aromatic rings. The highest BCUT2D eigenvalue weighted by atomic mass is 16.5. The van der Waals surface area contributed by atoms with Gasteiger partial charge in [-0.1, -0.05) is 42.5 Å². The highest BCUT2D eigenvalue weighted by Crippen LogP contribution is 2.29. The van der Waals surface area contributed by atoms with Crippen molar-refractivity contribution in [2.45, 2.75) is 31.8 Å². The molecule has 1 aromatic heterocycles. The van der Waals surface area contributed by atoms with Gasteiger partial charge in [0.2, 0.25) is 5.89 Å². The Morgan fingerprint density at radius 3 is 2.73 bits per heavy atom. The topological polar surface area (TPSA) is 103 Å². The van der Waals surface area contributed by atoms with E-state index in [2.05, 4.69) is 16.5 Å². The molecule has 0 bridgehead atoms. The van der Waals surface area contributed by atoms with Crippen molar-refractivity contribution in [3.63, 3.8) is 0 Å². The van der Waals surface area contributed by atoms with Gasteiger partial charge in [-0.25, -0.2) is 4.79 Å². The molecule has 0 spiro atoms. The first-order valence-electron chi connectivity index (χ1n) is 9.76. The lowest BCUT2D eigenvalue weighted by atomic mass is 9.88. The molecule has 0 fully saturated rings. The van der Waals surface area contributed by atoms with E-state index in [1.54, 1.807) is 24.3 Å². The van der Waals surface area contributed by atoms with Gasteiger partial charge < -0.3 is 14.5 Å². The summed E-state index contributed by atoms with van der Waals surface area (Å²) in [6.45, 7) is -0.857. The minimum absolute atomic E-state index is 0.0901. The molecule has 30 heavy (non-hydrogen) atoms. The van der Waals surface area contributed by atoms with Gasteiger partial charge in [-0.05, 0) is 42.5 Å². The van der Waals surface area contributed by atoms with Gasteiger partial charge in [0.1, 0.15) is 6.54 Å². The minimum atomic E-state index is -0.769. The van der Waals surface area contributed by atoms with Gasteiger partial charge in [-0.3, -0.25) is 9.59 Å². The molecule has 1 amide bonds. The normalized spacial score (nSPS) is 15.3. The van der Waals surface area contributed by atoms with Crippen molar-refractivity contribution in [1.29, 1.82) is 0 Å². The Balaban J connectivity index is 1.31. The third kappa shape index (κ3) is 4.48. The van der Waals surface area contributed by atoms with E-state index in [0.717, 1.165) is 29.5 Å². The van der Waals surface area contributed by atoms with Crippen LogP contribution in [0.3, 0.4) is 0 Å². The van der Waals surface area contributed by atoms with Gasteiger partial charge >= 0.3 is 11.7 Å². The molecular weight excluding hydrogens is 386 g/mol. The van der Waals surface area contributed by atoms with E-state index in [4.69, 9.17) is 9.15 Å². The fourth-order valence-corrected chi connectivity index (χ4v) is 3.56. The van der Waals surface area contributed by atoms with Crippen molar-refractivity contribution in [2.75, 3.05) is 6.61 Å². The summed E-state index contributed by atoms with van der Waals surface area (Å²) in [5, 5.41) is 6.91. The van der Waals surface area contributed by atoms with Crippen molar-refractivity contribution < 1.29 is 18.7 Å². The molecule has 1 heterocycles. The van der Waals surface area contributed by atoms with E-state index >= 15 is 0 Å². The number of carbonyl (C=O) groups is 2. The number of rotatable bonds is 6. The first-order valence-corrected chi connectivity index (χ1v) is 9.76. The summed E-state index contributed by atoms with van der Waals surface area (Å²) in [7, 11) is 0. The van der Waals surface area contributed by atoms with Crippen LogP contribution >= 0.6 is 0 Å². The molecule has 0 saturated heterocycles. The fourth-order valence-electron chi connectivity index (χ4n) is 3.56. The maximum Gasteiger partial charge on any atom is 0.437 e. The van der Waals surface area contributed by atoms with Crippen LogP contribution in [0.5, 0.6) is 0 Å². The summed E-state index contributed by atoms with van der Waals surface area (Å²) in [6.07, 6.45) is 2.82. The standard InChI is InChI=1S/C22H21N3O5/c26-19(23-18-12-6-10-15-7-4-5-11-17(15)18)14-29-20(27)13-25-22(28)30-21(24-25)16-8-2-1-3-9-16/h1-5,7-9,11,18H,6,10,12-14H2,(H,23,26)/t18-/m1/s1. The summed E-state index contributed by atoms with van der Waals surface area (Å²) in [5.41, 5.74) is 2.95. The molecule has 1 N–H and O–H groups in total. The largest absolute Gasteiger partial charge is 0.454 e. The number of aromatic nitrogens is 2. The molecule has 0 aliphatic heterocycles. The smallest absolute Gasteiger partial charge is 0.437 e. The van der Waals surface area contributed by atoms with Gasteiger partial charge in [-0.15, -0.1) is 5.10 Å². The molecule has 1 atom stereocenters. The number of hydrogen-bond donors (Lipinski definition) is 1. The van der Waals surface area contributed by atoms with Crippen LogP contribution < -0.4 is 11.1 Å². The Kier molecular flexibility index (Phi) is 5.74. The summed E-state index contributed by atoms with van der Waals surface area (Å²) in [5.74, 6) is -1.79. The van der Waals surface area contributed by atoms with E-state index in [9.17, 15) is 14.4 Å². The molecule has 0 unspecified atom stereocenters. The third-order valence-electron chi connectivity index (χ3n) is 4.97. The number of esters is 1. The number of nitrogens with zero attached hydrogens (tertiary/aromatic N) is 2. The van der Waals surface area contributed by atoms with Crippen LogP contribution in [0.25, 0.3) is 11.5 Å². The molecule has 154 valence electrons. The molecular formula is C22H21N3O5. The van der Waals surface area contributed by atoms with E-state index in [1.807, 2.05) is 24.3 Å². The molecule has 4 rings (SSSR count). The number of hydrogen-bond acceptors (Lipinski definition) is 6. The van der Waals surface area contributed by atoms with Crippen LogP contribution in [0, 0.1) is 0 Å². The van der Waals surface area contributed by atoms with Crippen molar-refractivity contribution in [3.8, 4) is 11.5 Å². The van der Waals surface area contributed by atoms with Crippen molar-refractivity contribution in [1.82, 2.24) is 15.1 Å². The maximum absolute atomic E-state index is 12.2. The number of ether oxygens (including phenoxy) is 1. The second-order valence-corrected chi connectivity index (χ2v) is 7.07. The van der Waals surface area contributed by atoms with E-state index in [1.165, 1.54) is 5.56 Å². The lowest BCUT2D eigenvalue weighted by Gasteiger charge is -2.26. The predicted molar refractivity (Wildman–Crippen MR) is 107 cm³/mol. The lowest BCUT2D eigenvalue weighted by Crippen LogP contribution is -2.35. The van der Waals surface area contributed by atoms with Crippen LogP contribution in [0.15, 0.2) is 63.8 Å². The second kappa shape index (κ2) is 8.77. The quantitative estimate of drug-likeness (QED) is 0.629.